The lowest BCUT2D eigenvalue weighted by Gasteiger charge is -2.19. The molecule has 0 spiro atoms. The molecular formula is C21H23N3O3S. The van der Waals surface area contributed by atoms with Crippen LogP contribution in [0.2, 0.25) is 0 Å². The standard InChI is InChI=1S/C21H23N3O3S/c1-15-12-19(27-4)20(13-16(15)2)28(25,26)23-21-11-10-18(14-22-21)24(3)17-8-6-5-7-9-17/h5-14H,1-4H3,(H,22,23). The van der Waals surface area contributed by atoms with Gasteiger partial charge >= 0.3 is 0 Å². The van der Waals surface area contributed by atoms with Crippen LogP contribution in [0.5, 0.6) is 5.75 Å². The lowest BCUT2D eigenvalue weighted by Crippen LogP contribution is -2.16. The molecule has 3 aromatic rings. The Morgan fingerprint density at radius 3 is 2.25 bits per heavy atom. The molecule has 28 heavy (non-hydrogen) atoms. The number of benzene rings is 2. The molecule has 0 aliphatic heterocycles. The SMILES string of the molecule is COc1cc(C)c(C)cc1S(=O)(=O)Nc1ccc(N(C)c2ccccc2)cn1. The van der Waals surface area contributed by atoms with E-state index in [0.29, 0.717) is 5.75 Å². The molecule has 2 aromatic carbocycles. The number of nitrogens with zero attached hydrogens (tertiary/aromatic N) is 2. The minimum absolute atomic E-state index is 0.0883. The summed E-state index contributed by atoms with van der Waals surface area (Å²) < 4.78 is 33.5. The van der Waals surface area contributed by atoms with Crippen molar-refractivity contribution >= 4 is 27.2 Å². The van der Waals surface area contributed by atoms with E-state index in [1.54, 1.807) is 24.4 Å². The van der Waals surface area contributed by atoms with E-state index < -0.39 is 10.0 Å². The number of ether oxygens (including phenoxy) is 1. The van der Waals surface area contributed by atoms with E-state index in [1.165, 1.54) is 7.11 Å². The summed E-state index contributed by atoms with van der Waals surface area (Å²) in [6.45, 7) is 3.77. The fraction of sp³-hybridized carbons (Fsp3) is 0.190. The first kappa shape index (κ1) is 19.7. The van der Waals surface area contributed by atoms with Gasteiger partial charge in [-0.2, -0.15) is 0 Å². The van der Waals surface area contributed by atoms with Gasteiger partial charge in [-0.15, -0.1) is 0 Å². The summed E-state index contributed by atoms with van der Waals surface area (Å²) in [6, 6.07) is 16.6. The van der Waals surface area contributed by atoms with Gasteiger partial charge in [-0.25, -0.2) is 13.4 Å². The molecule has 0 saturated carbocycles. The van der Waals surface area contributed by atoms with Gasteiger partial charge in [0.15, 0.2) is 0 Å². The molecule has 0 atom stereocenters. The minimum Gasteiger partial charge on any atom is -0.495 e. The van der Waals surface area contributed by atoms with Crippen LogP contribution in [0, 0.1) is 13.8 Å². The maximum absolute atomic E-state index is 12.8. The molecular weight excluding hydrogens is 374 g/mol. The van der Waals surface area contributed by atoms with Gasteiger partial charge in [-0.1, -0.05) is 18.2 Å². The van der Waals surface area contributed by atoms with Gasteiger partial charge in [-0.05, 0) is 61.4 Å². The van der Waals surface area contributed by atoms with Crippen LogP contribution in [0.1, 0.15) is 11.1 Å². The zero-order chi connectivity index (χ0) is 20.3. The lowest BCUT2D eigenvalue weighted by atomic mass is 10.1. The number of aromatic nitrogens is 1. The van der Waals surface area contributed by atoms with E-state index >= 15 is 0 Å². The summed E-state index contributed by atoms with van der Waals surface area (Å²) in [5.74, 6) is 0.543. The molecule has 1 N–H and O–H groups in total. The van der Waals surface area contributed by atoms with Gasteiger partial charge in [0.2, 0.25) is 0 Å². The van der Waals surface area contributed by atoms with Crippen LogP contribution in [0.4, 0.5) is 17.2 Å². The first-order valence-electron chi connectivity index (χ1n) is 8.74. The van der Waals surface area contributed by atoms with Crippen molar-refractivity contribution in [3.63, 3.8) is 0 Å². The molecule has 1 heterocycles. The summed E-state index contributed by atoms with van der Waals surface area (Å²) in [7, 11) is -0.451. The van der Waals surface area contributed by atoms with Crippen molar-refractivity contribution in [2.45, 2.75) is 18.7 Å². The second-order valence-corrected chi connectivity index (χ2v) is 8.14. The molecule has 6 nitrogen and oxygen atoms in total. The second-order valence-electron chi connectivity index (χ2n) is 6.49. The Kier molecular flexibility index (Phi) is 5.56. The summed E-state index contributed by atoms with van der Waals surface area (Å²) >= 11 is 0. The molecule has 0 radical (unpaired) electrons. The minimum atomic E-state index is -3.83. The number of nitrogens with one attached hydrogen (secondary N) is 1. The van der Waals surface area contributed by atoms with Crippen LogP contribution in [-0.2, 0) is 10.0 Å². The monoisotopic (exact) mass is 397 g/mol. The molecule has 0 fully saturated rings. The van der Waals surface area contributed by atoms with E-state index in [0.717, 1.165) is 22.5 Å². The fourth-order valence-electron chi connectivity index (χ4n) is 2.77. The van der Waals surface area contributed by atoms with Crippen LogP contribution in [0.3, 0.4) is 0 Å². The predicted molar refractivity (Wildman–Crippen MR) is 112 cm³/mol. The Labute approximate surface area is 165 Å². The average molecular weight is 398 g/mol. The average Bonchev–Trinajstić information content (AvgIpc) is 2.70. The first-order valence-corrected chi connectivity index (χ1v) is 10.2. The summed E-state index contributed by atoms with van der Waals surface area (Å²) in [5, 5.41) is 0. The van der Waals surface area contributed by atoms with Gasteiger partial charge in [0.25, 0.3) is 10.0 Å². The Hall–Kier alpha value is -3.06. The number of hydrogen-bond acceptors (Lipinski definition) is 5. The molecule has 0 bridgehead atoms. The molecule has 146 valence electrons. The van der Waals surface area contributed by atoms with E-state index in [-0.39, 0.29) is 10.7 Å². The van der Waals surface area contributed by atoms with Crippen molar-refractivity contribution in [2.75, 3.05) is 23.8 Å². The van der Waals surface area contributed by atoms with Gasteiger partial charge in [0, 0.05) is 12.7 Å². The summed E-state index contributed by atoms with van der Waals surface area (Å²) in [6.07, 6.45) is 1.63. The number of para-hydroxylation sites is 1. The first-order chi connectivity index (χ1) is 13.3. The smallest absolute Gasteiger partial charge is 0.266 e. The van der Waals surface area contributed by atoms with Gasteiger partial charge < -0.3 is 9.64 Å². The van der Waals surface area contributed by atoms with E-state index in [9.17, 15) is 8.42 Å². The number of hydrogen-bond donors (Lipinski definition) is 1. The lowest BCUT2D eigenvalue weighted by molar-refractivity contribution is 0.402. The highest BCUT2D eigenvalue weighted by atomic mass is 32.2. The Balaban J connectivity index is 1.85. The third-order valence-electron chi connectivity index (χ3n) is 4.59. The van der Waals surface area contributed by atoms with Crippen molar-refractivity contribution in [3.8, 4) is 5.75 Å². The number of aryl methyl sites for hydroxylation is 2. The maximum atomic E-state index is 12.8. The van der Waals surface area contributed by atoms with Gasteiger partial charge in [0.05, 0.1) is 19.0 Å². The molecule has 1 aromatic heterocycles. The van der Waals surface area contributed by atoms with Crippen molar-refractivity contribution in [1.29, 1.82) is 0 Å². The highest BCUT2D eigenvalue weighted by Gasteiger charge is 2.21. The topological polar surface area (TPSA) is 71.5 Å². The van der Waals surface area contributed by atoms with Crippen molar-refractivity contribution in [1.82, 2.24) is 4.98 Å². The Bertz CT molecular complexity index is 1070. The van der Waals surface area contributed by atoms with Crippen molar-refractivity contribution < 1.29 is 13.2 Å². The third-order valence-corrected chi connectivity index (χ3v) is 5.96. The third kappa shape index (κ3) is 4.09. The molecule has 0 aliphatic carbocycles. The zero-order valence-corrected chi connectivity index (χ0v) is 17.1. The van der Waals surface area contributed by atoms with Crippen molar-refractivity contribution in [2.24, 2.45) is 0 Å². The van der Waals surface area contributed by atoms with Crippen LogP contribution in [-0.4, -0.2) is 27.6 Å². The summed E-state index contributed by atoms with van der Waals surface area (Å²) in [4.78, 5) is 6.32. The number of rotatable bonds is 6. The molecule has 3 rings (SSSR count). The number of pyridine rings is 1. The van der Waals surface area contributed by atoms with Crippen molar-refractivity contribution in [3.05, 3.63) is 71.9 Å². The fourth-order valence-corrected chi connectivity index (χ4v) is 4.02. The number of methoxy groups -OCH3 is 1. The quantitative estimate of drug-likeness (QED) is 0.672. The highest BCUT2D eigenvalue weighted by Crippen LogP contribution is 2.29. The van der Waals surface area contributed by atoms with E-state index in [2.05, 4.69) is 9.71 Å². The number of sulfonamides is 1. The second kappa shape index (κ2) is 7.90. The maximum Gasteiger partial charge on any atom is 0.266 e. The van der Waals surface area contributed by atoms with Crippen LogP contribution < -0.4 is 14.4 Å². The Morgan fingerprint density at radius 2 is 1.64 bits per heavy atom. The van der Waals surface area contributed by atoms with Gasteiger partial charge in [0.1, 0.15) is 16.5 Å². The molecule has 7 heteroatoms. The number of anilines is 3. The normalized spacial score (nSPS) is 11.1. The molecule has 0 aliphatic rings. The van der Waals surface area contributed by atoms with E-state index in [1.807, 2.05) is 62.2 Å². The highest BCUT2D eigenvalue weighted by molar-refractivity contribution is 7.92. The van der Waals surface area contributed by atoms with Gasteiger partial charge in [-0.3, -0.25) is 4.72 Å². The summed E-state index contributed by atoms with van der Waals surface area (Å²) in [5.41, 5.74) is 3.69. The van der Waals surface area contributed by atoms with Crippen LogP contribution in [0.15, 0.2) is 65.7 Å². The molecule has 0 unspecified atom stereocenters. The van der Waals surface area contributed by atoms with Crippen LogP contribution >= 0.6 is 0 Å². The van der Waals surface area contributed by atoms with E-state index in [4.69, 9.17) is 4.74 Å². The largest absolute Gasteiger partial charge is 0.495 e. The molecule has 0 saturated heterocycles. The van der Waals surface area contributed by atoms with Crippen LogP contribution in [0.25, 0.3) is 0 Å². The predicted octanol–water partition coefficient (Wildman–Crippen LogP) is 4.28. The molecule has 0 amide bonds. The Morgan fingerprint density at radius 1 is 0.964 bits per heavy atom. The zero-order valence-electron chi connectivity index (χ0n) is 16.3.